The Hall–Kier alpha value is -3.15. The van der Waals surface area contributed by atoms with Crippen LogP contribution >= 0.6 is 0 Å². The summed E-state index contributed by atoms with van der Waals surface area (Å²) in [7, 11) is 1.92. The average molecular weight is 506 g/mol. The zero-order valence-corrected chi connectivity index (χ0v) is 20.6. The molecule has 2 heterocycles. The van der Waals surface area contributed by atoms with Gasteiger partial charge in [0, 0.05) is 18.0 Å². The Morgan fingerprint density at radius 1 is 1.31 bits per heavy atom. The number of nitrogens with zero attached hydrogens (tertiary/aromatic N) is 1. The van der Waals surface area contributed by atoms with Crippen molar-refractivity contribution >= 4 is 17.9 Å². The number of piperidine rings is 1. The number of likely N-dealkylation sites (N-methyl/N-ethyl adjacent to an activating group) is 1. The van der Waals surface area contributed by atoms with E-state index < -0.39 is 53.7 Å². The van der Waals surface area contributed by atoms with Crippen molar-refractivity contribution in [3.05, 3.63) is 35.1 Å². The standard InChI is InChI=1S/C25H31NO10/c1-12-5-6-15(27)20-19(12)24-9-10-26(4)14(3)25(24,33)8-7-17(21(24)36-20)35-23(32)13(2)34-18(29)11-16(28)22(30)31/h5-7,13-14,16,21,27-28,33H,8-11H2,1-4H3,(H,30,31)/t13-,14+,16-,21-,24-,25+/m0/s1. The number of ether oxygens (including phenoxy) is 3. The highest BCUT2D eigenvalue weighted by Gasteiger charge is 2.69. The average Bonchev–Trinajstić information content (AvgIpc) is 3.18. The molecule has 6 atom stereocenters. The fourth-order valence-electron chi connectivity index (χ4n) is 5.74. The van der Waals surface area contributed by atoms with Crippen LogP contribution in [0.2, 0.25) is 0 Å². The van der Waals surface area contributed by atoms with E-state index in [0.29, 0.717) is 18.5 Å². The Morgan fingerprint density at radius 3 is 2.67 bits per heavy atom. The van der Waals surface area contributed by atoms with Crippen molar-refractivity contribution in [2.45, 2.75) is 75.4 Å². The van der Waals surface area contributed by atoms with Crippen LogP contribution in [0.3, 0.4) is 0 Å². The molecular weight excluding hydrogens is 474 g/mol. The van der Waals surface area contributed by atoms with E-state index >= 15 is 0 Å². The third-order valence-electron chi connectivity index (χ3n) is 7.83. The van der Waals surface area contributed by atoms with Gasteiger partial charge in [-0.05, 0) is 58.5 Å². The molecule has 3 aliphatic rings. The number of carbonyl (C=O) groups excluding carboxylic acids is 2. The monoisotopic (exact) mass is 505 g/mol. The van der Waals surface area contributed by atoms with Gasteiger partial charge in [0.2, 0.25) is 0 Å². The van der Waals surface area contributed by atoms with E-state index in [4.69, 9.17) is 19.3 Å². The van der Waals surface area contributed by atoms with Crippen LogP contribution in [0.15, 0.2) is 24.0 Å². The van der Waals surface area contributed by atoms with Crippen LogP contribution in [0.25, 0.3) is 0 Å². The molecule has 11 nitrogen and oxygen atoms in total. The number of aryl methyl sites for hydroxylation is 1. The van der Waals surface area contributed by atoms with Crippen LogP contribution in [0.5, 0.6) is 11.5 Å². The minimum atomic E-state index is -1.95. The number of benzene rings is 1. The first-order valence-corrected chi connectivity index (χ1v) is 11.8. The number of aliphatic carboxylic acids is 1. The number of aliphatic hydroxyl groups is 2. The maximum Gasteiger partial charge on any atom is 0.352 e. The molecule has 0 bridgehead atoms. The summed E-state index contributed by atoms with van der Waals surface area (Å²) < 4.78 is 16.8. The molecule has 1 aromatic carbocycles. The van der Waals surface area contributed by atoms with Gasteiger partial charge < -0.3 is 39.5 Å². The first kappa shape index (κ1) is 25.9. The van der Waals surface area contributed by atoms with Gasteiger partial charge in [0.1, 0.15) is 5.76 Å². The second-order valence-electron chi connectivity index (χ2n) is 9.83. The van der Waals surface area contributed by atoms with Crippen LogP contribution in [-0.2, 0) is 29.3 Å². The summed E-state index contributed by atoms with van der Waals surface area (Å²) in [5.41, 5.74) is -0.798. The number of rotatable bonds is 6. The van der Waals surface area contributed by atoms with Gasteiger partial charge in [-0.1, -0.05) is 6.07 Å². The number of phenolic OH excluding ortho intramolecular Hbond substituents is 1. The Labute approximate surface area is 207 Å². The SMILES string of the molecule is Cc1ccc(O)c2c1[C@]13CCN(C)[C@H](C)[C@]1(O)CC=C(OC(=O)[C@H](C)OC(=O)C[C@H](O)C(=O)O)[C@@H]3O2. The van der Waals surface area contributed by atoms with Crippen LogP contribution in [0.1, 0.15) is 44.2 Å². The Balaban J connectivity index is 1.64. The number of hydrogen-bond donors (Lipinski definition) is 4. The number of aliphatic hydroxyl groups excluding tert-OH is 1. The summed E-state index contributed by atoms with van der Waals surface area (Å²) in [5.74, 6) is -3.31. The van der Waals surface area contributed by atoms with Gasteiger partial charge in [0.05, 0.1) is 17.4 Å². The van der Waals surface area contributed by atoms with Crippen LogP contribution in [-0.4, -0.2) is 86.8 Å². The van der Waals surface area contributed by atoms with Crippen molar-refractivity contribution in [1.29, 1.82) is 0 Å². The molecule has 11 heteroatoms. The molecule has 1 saturated heterocycles. The van der Waals surface area contributed by atoms with E-state index in [1.54, 1.807) is 12.1 Å². The van der Waals surface area contributed by atoms with Crippen molar-refractivity contribution < 1.29 is 49.0 Å². The smallest absolute Gasteiger partial charge is 0.352 e. The molecule has 0 saturated carbocycles. The number of carboxylic acids is 1. The summed E-state index contributed by atoms with van der Waals surface area (Å²) in [6.07, 6.45) is -2.89. The highest BCUT2D eigenvalue weighted by molar-refractivity contribution is 5.83. The van der Waals surface area contributed by atoms with Gasteiger partial charge in [-0.3, -0.25) is 4.79 Å². The van der Waals surface area contributed by atoms with E-state index in [1.165, 1.54) is 13.0 Å². The lowest BCUT2D eigenvalue weighted by atomic mass is 9.54. The molecule has 1 aromatic rings. The first-order valence-electron chi connectivity index (χ1n) is 11.8. The second-order valence-corrected chi connectivity index (χ2v) is 9.83. The number of hydrogen-bond acceptors (Lipinski definition) is 10. The fraction of sp³-hybridized carbons (Fsp3) is 0.560. The molecule has 0 unspecified atom stereocenters. The molecule has 1 aliphatic carbocycles. The molecule has 36 heavy (non-hydrogen) atoms. The van der Waals surface area contributed by atoms with Crippen molar-refractivity contribution in [3.8, 4) is 11.5 Å². The lowest BCUT2D eigenvalue weighted by molar-refractivity contribution is -0.173. The summed E-state index contributed by atoms with van der Waals surface area (Å²) in [5, 5.41) is 40.8. The summed E-state index contributed by atoms with van der Waals surface area (Å²) in [6, 6.07) is 3.00. The number of carbonyl (C=O) groups is 3. The highest BCUT2D eigenvalue weighted by Crippen LogP contribution is 2.62. The van der Waals surface area contributed by atoms with Crippen molar-refractivity contribution in [2.75, 3.05) is 13.6 Å². The quantitative estimate of drug-likeness (QED) is 0.404. The van der Waals surface area contributed by atoms with Gasteiger partial charge in [-0.2, -0.15) is 0 Å². The first-order chi connectivity index (χ1) is 16.8. The molecule has 0 aromatic heterocycles. The molecule has 0 amide bonds. The van der Waals surface area contributed by atoms with E-state index in [0.717, 1.165) is 5.56 Å². The molecule has 1 spiro atoms. The van der Waals surface area contributed by atoms with Crippen molar-refractivity contribution in [3.63, 3.8) is 0 Å². The van der Waals surface area contributed by atoms with Crippen molar-refractivity contribution in [1.82, 2.24) is 4.90 Å². The Bertz CT molecular complexity index is 1130. The van der Waals surface area contributed by atoms with Crippen LogP contribution < -0.4 is 4.74 Å². The molecule has 1 fully saturated rings. The minimum absolute atomic E-state index is 0.0849. The number of likely N-dealkylation sites (tertiary alicyclic amines) is 1. The minimum Gasteiger partial charge on any atom is -0.504 e. The number of fused-ring (bicyclic) bond motifs is 1. The van der Waals surface area contributed by atoms with E-state index in [9.17, 15) is 29.7 Å². The van der Waals surface area contributed by atoms with E-state index in [1.807, 2.05) is 20.9 Å². The van der Waals surface area contributed by atoms with E-state index in [2.05, 4.69) is 4.90 Å². The maximum atomic E-state index is 12.8. The number of carboxylic acid groups (broad SMARTS) is 1. The van der Waals surface area contributed by atoms with Crippen LogP contribution in [0, 0.1) is 6.92 Å². The predicted molar refractivity (Wildman–Crippen MR) is 123 cm³/mol. The maximum absolute atomic E-state index is 12.8. The van der Waals surface area contributed by atoms with Gasteiger partial charge in [0.15, 0.2) is 29.8 Å². The Kier molecular flexibility index (Phi) is 6.52. The van der Waals surface area contributed by atoms with Gasteiger partial charge in [0.25, 0.3) is 0 Å². The van der Waals surface area contributed by atoms with Gasteiger partial charge >= 0.3 is 17.9 Å². The molecule has 196 valence electrons. The molecule has 0 radical (unpaired) electrons. The largest absolute Gasteiger partial charge is 0.504 e. The zero-order valence-electron chi connectivity index (χ0n) is 20.6. The normalized spacial score (nSPS) is 30.6. The third-order valence-corrected chi connectivity index (χ3v) is 7.83. The molecule has 4 rings (SSSR count). The number of esters is 2. The molecule has 2 aliphatic heterocycles. The Morgan fingerprint density at radius 2 is 2.00 bits per heavy atom. The topological polar surface area (TPSA) is 163 Å². The lowest BCUT2D eigenvalue weighted by Gasteiger charge is -2.58. The third kappa shape index (κ3) is 3.82. The molecule has 4 N–H and O–H groups in total. The second kappa shape index (κ2) is 9.06. The highest BCUT2D eigenvalue weighted by atomic mass is 16.6. The summed E-state index contributed by atoms with van der Waals surface area (Å²) in [6.45, 7) is 5.69. The fourth-order valence-corrected chi connectivity index (χ4v) is 5.74. The van der Waals surface area contributed by atoms with Gasteiger partial charge in [-0.25, -0.2) is 9.59 Å². The summed E-state index contributed by atoms with van der Waals surface area (Å²) in [4.78, 5) is 37.5. The van der Waals surface area contributed by atoms with Gasteiger partial charge in [-0.15, -0.1) is 0 Å². The number of phenols is 1. The number of aromatic hydroxyl groups is 1. The molecular formula is C25H31NO10. The predicted octanol–water partition coefficient (Wildman–Crippen LogP) is 0.753. The summed E-state index contributed by atoms with van der Waals surface area (Å²) >= 11 is 0. The van der Waals surface area contributed by atoms with Crippen molar-refractivity contribution in [2.24, 2.45) is 0 Å². The zero-order chi connectivity index (χ0) is 26.6. The van der Waals surface area contributed by atoms with Crippen LogP contribution in [0.4, 0.5) is 0 Å². The van der Waals surface area contributed by atoms with E-state index in [-0.39, 0.29) is 29.7 Å². The lowest BCUT2D eigenvalue weighted by Crippen LogP contribution is -2.71.